The monoisotopic (exact) mass is 194 g/mol. The maximum atomic E-state index is 12.2. The van der Waals surface area contributed by atoms with Crippen molar-refractivity contribution in [3.05, 3.63) is 25.3 Å². The van der Waals surface area contributed by atoms with Crippen LogP contribution in [0.1, 0.15) is 40.5 Å². The number of carbonyl (C=O) groups excluding carboxylic acids is 1. The number of Topliss-reactive ketones (excluding diaryl/α,β-unsaturated/α-hetero) is 1. The summed E-state index contributed by atoms with van der Waals surface area (Å²) in [6, 6.07) is 0. The lowest BCUT2D eigenvalue weighted by atomic mass is 9.70. The van der Waals surface area contributed by atoms with Gasteiger partial charge in [-0.15, -0.1) is 13.2 Å². The Morgan fingerprint density at radius 3 is 1.50 bits per heavy atom. The van der Waals surface area contributed by atoms with Crippen LogP contribution in [0.2, 0.25) is 0 Å². The van der Waals surface area contributed by atoms with E-state index >= 15 is 0 Å². The van der Waals surface area contributed by atoms with Gasteiger partial charge in [0.25, 0.3) is 0 Å². The first-order valence-corrected chi connectivity index (χ1v) is 5.04. The molecule has 14 heavy (non-hydrogen) atoms. The van der Waals surface area contributed by atoms with E-state index in [2.05, 4.69) is 13.2 Å². The summed E-state index contributed by atoms with van der Waals surface area (Å²) in [6.07, 6.45) is 5.07. The Morgan fingerprint density at radius 1 is 1.00 bits per heavy atom. The number of carbonyl (C=O) groups is 1. The molecular formula is C13H22O. The van der Waals surface area contributed by atoms with E-state index in [-0.39, 0.29) is 16.6 Å². The van der Waals surface area contributed by atoms with Crippen molar-refractivity contribution >= 4 is 5.78 Å². The number of allylic oxidation sites excluding steroid dienone is 2. The zero-order valence-electron chi connectivity index (χ0n) is 9.89. The molecule has 1 heteroatoms. The van der Waals surface area contributed by atoms with Crippen molar-refractivity contribution in [1.29, 1.82) is 0 Å². The Bertz CT molecular complexity index is 210. The Kier molecular flexibility index (Phi) is 4.31. The number of hydrogen-bond donors (Lipinski definition) is 0. The second-order valence-electron chi connectivity index (χ2n) is 5.08. The van der Waals surface area contributed by atoms with Crippen molar-refractivity contribution < 1.29 is 4.79 Å². The van der Waals surface area contributed by atoms with Crippen LogP contribution in [0.15, 0.2) is 25.3 Å². The SMILES string of the molecule is C=CCC(C)(C)C(=O)C(C)(C)CC=C. The highest BCUT2D eigenvalue weighted by Gasteiger charge is 2.37. The van der Waals surface area contributed by atoms with E-state index in [1.807, 2.05) is 39.8 Å². The number of rotatable bonds is 6. The molecule has 0 saturated carbocycles. The Balaban J connectivity index is 4.74. The summed E-state index contributed by atoms with van der Waals surface area (Å²) in [4.78, 5) is 12.2. The van der Waals surface area contributed by atoms with Crippen LogP contribution < -0.4 is 0 Å². The summed E-state index contributed by atoms with van der Waals surface area (Å²) in [5.41, 5.74) is -0.622. The molecule has 0 fully saturated rings. The van der Waals surface area contributed by atoms with Crippen molar-refractivity contribution in [3.63, 3.8) is 0 Å². The molecule has 0 aromatic carbocycles. The number of hydrogen-bond acceptors (Lipinski definition) is 1. The van der Waals surface area contributed by atoms with E-state index < -0.39 is 0 Å². The quantitative estimate of drug-likeness (QED) is 0.588. The highest BCUT2D eigenvalue weighted by atomic mass is 16.1. The Hall–Kier alpha value is -0.850. The number of ketones is 1. The van der Waals surface area contributed by atoms with Gasteiger partial charge in [0.15, 0.2) is 0 Å². The van der Waals surface area contributed by atoms with Gasteiger partial charge in [0, 0.05) is 10.8 Å². The molecule has 0 saturated heterocycles. The van der Waals surface area contributed by atoms with Crippen LogP contribution >= 0.6 is 0 Å². The standard InChI is InChI=1S/C13H22O/c1-7-9-12(3,4)11(14)13(5,6)10-8-2/h7-8H,1-2,9-10H2,3-6H3. The van der Waals surface area contributed by atoms with Crippen molar-refractivity contribution in [3.8, 4) is 0 Å². The topological polar surface area (TPSA) is 17.1 Å². The molecule has 1 nitrogen and oxygen atoms in total. The fourth-order valence-corrected chi connectivity index (χ4v) is 1.82. The molecule has 0 heterocycles. The second-order valence-corrected chi connectivity index (χ2v) is 5.08. The molecule has 0 aliphatic heterocycles. The second kappa shape index (κ2) is 4.59. The summed E-state index contributed by atoms with van der Waals surface area (Å²) < 4.78 is 0. The van der Waals surface area contributed by atoms with Gasteiger partial charge in [-0.25, -0.2) is 0 Å². The highest BCUT2D eigenvalue weighted by molar-refractivity contribution is 5.89. The summed E-state index contributed by atoms with van der Waals surface area (Å²) in [5.74, 6) is 0.282. The summed E-state index contributed by atoms with van der Waals surface area (Å²) in [7, 11) is 0. The van der Waals surface area contributed by atoms with E-state index in [1.54, 1.807) is 0 Å². The van der Waals surface area contributed by atoms with Gasteiger partial charge in [-0.3, -0.25) is 4.79 Å². The summed E-state index contributed by atoms with van der Waals surface area (Å²) >= 11 is 0. The first kappa shape index (κ1) is 13.2. The van der Waals surface area contributed by atoms with Gasteiger partial charge in [0.05, 0.1) is 0 Å². The fourth-order valence-electron chi connectivity index (χ4n) is 1.82. The smallest absolute Gasteiger partial charge is 0.144 e. The molecule has 0 amide bonds. The molecule has 0 spiro atoms. The van der Waals surface area contributed by atoms with Crippen LogP contribution in [0.25, 0.3) is 0 Å². The van der Waals surface area contributed by atoms with E-state index in [9.17, 15) is 4.79 Å². The van der Waals surface area contributed by atoms with Gasteiger partial charge in [-0.1, -0.05) is 39.8 Å². The summed E-state index contributed by atoms with van der Waals surface area (Å²) in [5, 5.41) is 0. The lowest BCUT2D eigenvalue weighted by molar-refractivity contribution is -0.135. The van der Waals surface area contributed by atoms with E-state index in [0.717, 1.165) is 12.8 Å². The molecule has 0 aliphatic carbocycles. The first-order chi connectivity index (χ1) is 6.28. The third-order valence-electron chi connectivity index (χ3n) is 2.54. The predicted molar refractivity (Wildman–Crippen MR) is 62.2 cm³/mol. The van der Waals surface area contributed by atoms with Crippen molar-refractivity contribution in [2.24, 2.45) is 10.8 Å². The van der Waals surface area contributed by atoms with Gasteiger partial charge in [-0.2, -0.15) is 0 Å². The average molecular weight is 194 g/mol. The molecule has 0 aliphatic rings. The van der Waals surface area contributed by atoms with Gasteiger partial charge >= 0.3 is 0 Å². The van der Waals surface area contributed by atoms with Crippen LogP contribution in [0, 0.1) is 10.8 Å². The minimum atomic E-state index is -0.311. The van der Waals surface area contributed by atoms with Gasteiger partial charge in [-0.05, 0) is 12.8 Å². The molecule has 0 aromatic heterocycles. The lowest BCUT2D eigenvalue weighted by Gasteiger charge is -2.32. The average Bonchev–Trinajstić information content (AvgIpc) is 2.02. The molecule has 0 bridgehead atoms. The van der Waals surface area contributed by atoms with Gasteiger partial charge < -0.3 is 0 Å². The normalized spacial score (nSPS) is 12.3. The lowest BCUT2D eigenvalue weighted by Crippen LogP contribution is -2.36. The minimum Gasteiger partial charge on any atom is -0.298 e. The Morgan fingerprint density at radius 2 is 1.29 bits per heavy atom. The van der Waals surface area contributed by atoms with Gasteiger partial charge in [0.1, 0.15) is 5.78 Å². The van der Waals surface area contributed by atoms with Crippen LogP contribution in [0.4, 0.5) is 0 Å². The van der Waals surface area contributed by atoms with Crippen molar-refractivity contribution in [1.82, 2.24) is 0 Å². The zero-order chi connectivity index (χ0) is 11.4. The largest absolute Gasteiger partial charge is 0.298 e. The molecule has 0 atom stereocenters. The van der Waals surface area contributed by atoms with Crippen molar-refractivity contribution in [2.75, 3.05) is 0 Å². The van der Waals surface area contributed by atoms with Crippen LogP contribution in [0.3, 0.4) is 0 Å². The van der Waals surface area contributed by atoms with E-state index in [1.165, 1.54) is 0 Å². The molecule has 0 N–H and O–H groups in total. The van der Waals surface area contributed by atoms with Crippen LogP contribution in [-0.4, -0.2) is 5.78 Å². The van der Waals surface area contributed by atoms with Gasteiger partial charge in [0.2, 0.25) is 0 Å². The maximum absolute atomic E-state index is 12.2. The zero-order valence-corrected chi connectivity index (χ0v) is 9.89. The fraction of sp³-hybridized carbons (Fsp3) is 0.615. The third kappa shape index (κ3) is 3.13. The van der Waals surface area contributed by atoms with Crippen LogP contribution in [-0.2, 0) is 4.79 Å². The molecule has 0 rings (SSSR count). The van der Waals surface area contributed by atoms with Crippen LogP contribution in [0.5, 0.6) is 0 Å². The summed E-state index contributed by atoms with van der Waals surface area (Å²) in [6.45, 7) is 15.3. The minimum absolute atomic E-state index is 0.282. The Labute approximate surface area is 87.9 Å². The van der Waals surface area contributed by atoms with E-state index in [0.29, 0.717) is 0 Å². The molecular weight excluding hydrogens is 172 g/mol. The first-order valence-electron chi connectivity index (χ1n) is 5.04. The van der Waals surface area contributed by atoms with Crippen molar-refractivity contribution in [2.45, 2.75) is 40.5 Å². The highest BCUT2D eigenvalue weighted by Crippen LogP contribution is 2.34. The predicted octanol–water partition coefficient (Wildman–Crippen LogP) is 3.76. The molecule has 0 radical (unpaired) electrons. The molecule has 80 valence electrons. The molecule has 0 aromatic rings. The maximum Gasteiger partial charge on any atom is 0.144 e. The van der Waals surface area contributed by atoms with E-state index in [4.69, 9.17) is 0 Å². The third-order valence-corrected chi connectivity index (χ3v) is 2.54. The molecule has 0 unspecified atom stereocenters.